The van der Waals surface area contributed by atoms with Crippen molar-refractivity contribution in [2.75, 3.05) is 41.3 Å². The molecule has 0 unspecified atom stereocenters. The number of para-hydroxylation sites is 16. The Balaban J connectivity index is 0.000000111. The number of anilines is 20. The van der Waals surface area contributed by atoms with Crippen molar-refractivity contribution < 1.29 is 4.74 Å². The number of hydrogen-bond donors (Lipinski definition) is 0. The van der Waals surface area contributed by atoms with Crippen LogP contribution in [0.1, 0.15) is 177 Å². The average molecular weight is 1870 g/mol. The van der Waals surface area contributed by atoms with E-state index in [4.69, 9.17) is 4.74 Å². The maximum absolute atomic E-state index is 6.07. The van der Waals surface area contributed by atoms with Crippen LogP contribution in [-0.4, -0.2) is 7.05 Å². The third-order valence-corrected chi connectivity index (χ3v) is 29.0. The topological polar surface area (TPSA) is 31.9 Å². The summed E-state index contributed by atoms with van der Waals surface area (Å²) < 4.78 is 6.07. The van der Waals surface area contributed by atoms with E-state index in [2.05, 4.69) is 563 Å². The Labute approximate surface area is 839 Å². The summed E-state index contributed by atoms with van der Waals surface area (Å²) in [4.78, 5) is 21.6. The van der Waals surface area contributed by atoms with Crippen LogP contribution in [0.15, 0.2) is 468 Å². The van der Waals surface area contributed by atoms with E-state index >= 15 is 0 Å². The molecule has 10 heteroatoms. The van der Waals surface area contributed by atoms with Crippen LogP contribution in [0, 0.1) is 0 Å². The van der Waals surface area contributed by atoms with Gasteiger partial charge < -0.3 is 39.0 Å². The van der Waals surface area contributed by atoms with Crippen molar-refractivity contribution in [3.63, 3.8) is 0 Å². The maximum Gasteiger partial charge on any atom is 0.151 e. The van der Waals surface area contributed by atoms with Crippen molar-refractivity contribution in [3.05, 3.63) is 493 Å². The monoisotopic (exact) mass is 1860 g/mol. The number of ether oxygens (including phenoxy) is 1. The Bertz CT molecular complexity index is 6890. The highest BCUT2D eigenvalue weighted by Crippen LogP contribution is 2.58. The van der Waals surface area contributed by atoms with Crippen LogP contribution in [0.4, 0.5) is 114 Å². The molecule has 23 rings (SSSR count). The summed E-state index contributed by atoms with van der Waals surface area (Å²) in [5, 5.41) is 0. The normalized spacial score (nSPS) is 12.9. The fourth-order valence-corrected chi connectivity index (χ4v) is 21.1. The van der Waals surface area contributed by atoms with Crippen LogP contribution < -0.4 is 39.0 Å². The number of nitrogens with zero attached hydrogens (tertiary/aromatic N) is 7. The lowest BCUT2D eigenvalue weighted by molar-refractivity contribution is 0.477. The van der Waals surface area contributed by atoms with Gasteiger partial charge in [-0.2, -0.15) is 0 Å². The van der Waals surface area contributed by atoms with Crippen molar-refractivity contribution in [1.29, 1.82) is 0 Å². The number of benzene rings is 18. The van der Waals surface area contributed by atoms with E-state index in [1.54, 1.807) is 0 Å². The van der Waals surface area contributed by atoms with Crippen molar-refractivity contribution in [2.24, 2.45) is 0 Å². The summed E-state index contributed by atoms with van der Waals surface area (Å²) in [6.45, 7) is 31.5. The molecule has 140 heavy (non-hydrogen) atoms. The van der Waals surface area contributed by atoms with Gasteiger partial charge in [0.25, 0.3) is 0 Å². The molecule has 0 amide bonds. The fourth-order valence-electron chi connectivity index (χ4n) is 19.0. The summed E-state index contributed by atoms with van der Waals surface area (Å²) in [5.41, 5.74) is 35.2. The summed E-state index contributed by atoms with van der Waals surface area (Å²) in [7, 11) is 2.14. The lowest BCUT2D eigenvalue weighted by atomic mass is 9.73. The highest BCUT2D eigenvalue weighted by atomic mass is 32.2. The van der Waals surface area contributed by atoms with Crippen LogP contribution in [0.5, 0.6) is 11.5 Å². The molecule has 0 saturated carbocycles. The van der Waals surface area contributed by atoms with Crippen molar-refractivity contribution >= 4 is 137 Å². The van der Waals surface area contributed by atoms with E-state index in [9.17, 15) is 0 Å². The molecule has 0 spiro atoms. The molecule has 0 aromatic heterocycles. The van der Waals surface area contributed by atoms with Gasteiger partial charge in [0.15, 0.2) is 11.5 Å². The zero-order valence-electron chi connectivity index (χ0n) is 83.0. The summed E-state index contributed by atoms with van der Waals surface area (Å²) in [5.74, 6) is 4.92. The molecule has 0 bridgehead atoms. The molecule has 0 radical (unpaired) electrons. The van der Waals surface area contributed by atoms with Gasteiger partial charge in [0, 0.05) is 77.5 Å². The second-order valence-corrected chi connectivity index (χ2v) is 40.7. The Kier molecular flexibility index (Phi) is 29.3. The second-order valence-electron chi connectivity index (χ2n) is 38.5. The van der Waals surface area contributed by atoms with Gasteiger partial charge >= 0.3 is 0 Å². The minimum atomic E-state index is -0.000650. The number of hydrogen-bond acceptors (Lipinski definition) is 10. The molecule has 5 aliphatic heterocycles. The smallest absolute Gasteiger partial charge is 0.151 e. The quantitative estimate of drug-likeness (QED) is 0.105. The maximum atomic E-state index is 6.07. The lowest BCUT2D eigenvalue weighted by Crippen LogP contribution is -2.30. The summed E-state index contributed by atoms with van der Waals surface area (Å²) >= 11 is 3.70. The van der Waals surface area contributed by atoms with Crippen LogP contribution in [0.25, 0.3) is 0 Å². The second kappa shape index (κ2) is 43.0. The van der Waals surface area contributed by atoms with E-state index < -0.39 is 0 Å². The standard InChI is InChI=1S/C24H25N.C22H22N2.C21H19NO.2C21H19NS.C21H21N/c1-17(2)18-10-9-11-19(16-18)25-22-14-7-5-12-20(22)24(3,4)21-13-6-8-15-23(21)25;1-16(2)17-9-8-10-18(15-17)24-21-13-6-4-11-19(21)23(3)20-12-5-7-14-22(20)24;2*1-15(2)16-8-7-9-17(14-16)22-18-10-3-5-12-20(18)23-21-13-6-4-11-19(21)22;1-15(2)16-11-13-17(14-12-16)22-18-7-3-5-9-20(18)23-21-10-6-4-8-19(21)22;1-17(2)18-10-9-15-21(16-18)22(19-11-5-3-6-12-19)20-13-7-4-8-14-20/h5-17H,1-4H3;4-16H,1-3H3;3*3-15H,1-2H3;3-17H,1-2H3. The summed E-state index contributed by atoms with van der Waals surface area (Å²) in [6.07, 6.45) is 0. The van der Waals surface area contributed by atoms with Gasteiger partial charge in [-0.15, -0.1) is 0 Å². The number of fused-ring (bicyclic) bond motifs is 10. The Hall–Kier alpha value is -14.9. The third kappa shape index (κ3) is 20.5. The van der Waals surface area contributed by atoms with Gasteiger partial charge in [0.2, 0.25) is 0 Å². The molecular formula is C130H125N7OS2. The van der Waals surface area contributed by atoms with Crippen LogP contribution in [-0.2, 0) is 5.41 Å². The molecule has 0 fully saturated rings. The third-order valence-electron chi connectivity index (χ3n) is 26.7. The summed E-state index contributed by atoms with van der Waals surface area (Å²) in [6, 6.07) is 160. The Morgan fingerprint density at radius 3 is 0.807 bits per heavy atom. The van der Waals surface area contributed by atoms with Gasteiger partial charge in [0.05, 0.1) is 68.2 Å². The van der Waals surface area contributed by atoms with Crippen molar-refractivity contribution in [1.82, 2.24) is 0 Å². The number of rotatable bonds is 14. The molecule has 0 N–H and O–H groups in total. The first-order valence-corrected chi connectivity index (χ1v) is 51.0. The molecular weight excluding hydrogens is 1740 g/mol. The minimum absolute atomic E-state index is 0.000650. The van der Waals surface area contributed by atoms with Gasteiger partial charge in [-0.25, -0.2) is 0 Å². The first-order valence-electron chi connectivity index (χ1n) is 49.3. The van der Waals surface area contributed by atoms with Gasteiger partial charge in [-0.3, -0.25) is 0 Å². The molecule has 0 aliphatic carbocycles. The average Bonchev–Trinajstić information content (AvgIpc) is 0.723. The zero-order valence-corrected chi connectivity index (χ0v) is 84.7. The molecule has 0 atom stereocenters. The van der Waals surface area contributed by atoms with Crippen LogP contribution in [0.2, 0.25) is 0 Å². The van der Waals surface area contributed by atoms with Gasteiger partial charge in [-0.05, 0) is 286 Å². The zero-order chi connectivity index (χ0) is 97.1. The van der Waals surface area contributed by atoms with Crippen LogP contribution >= 0.6 is 23.5 Å². The molecule has 5 heterocycles. The first-order chi connectivity index (χ1) is 68.1. The van der Waals surface area contributed by atoms with Gasteiger partial charge in [-0.1, -0.05) is 363 Å². The lowest BCUT2D eigenvalue weighted by Gasteiger charge is -2.42. The fraction of sp³-hybridized carbons (Fsp3) is 0.169. The molecule has 698 valence electrons. The van der Waals surface area contributed by atoms with E-state index in [0.29, 0.717) is 35.5 Å². The SMILES string of the molecule is CC(C)c1ccc(N2c3ccccc3Sc3ccccc32)cc1.CC(C)c1cccc(N(c2ccccc2)c2ccccc2)c1.CC(C)c1cccc(N2c3ccccc3C(C)(C)c3ccccc32)c1.CC(C)c1cccc(N2c3ccccc3N(C)c3ccccc32)c1.CC(C)c1cccc(N2c3ccccc3Oc3ccccc32)c1.CC(C)c1cccc(N2c3ccccc3Sc3ccccc32)c1. The predicted octanol–water partition coefficient (Wildman–Crippen LogP) is 39.4. The minimum Gasteiger partial charge on any atom is -0.453 e. The Morgan fingerprint density at radius 1 is 0.207 bits per heavy atom. The molecule has 18 aromatic rings. The first kappa shape index (κ1) is 95.4. The largest absolute Gasteiger partial charge is 0.453 e. The molecule has 18 aromatic carbocycles. The van der Waals surface area contributed by atoms with Crippen LogP contribution in [0.3, 0.4) is 0 Å². The van der Waals surface area contributed by atoms with E-state index in [1.165, 1.54) is 166 Å². The van der Waals surface area contributed by atoms with Crippen molar-refractivity contribution in [3.8, 4) is 11.5 Å². The molecule has 5 aliphatic rings. The van der Waals surface area contributed by atoms with E-state index in [-0.39, 0.29) is 5.41 Å². The highest BCUT2D eigenvalue weighted by Gasteiger charge is 2.38. The Morgan fingerprint density at radius 2 is 0.457 bits per heavy atom. The predicted molar refractivity (Wildman–Crippen MR) is 600 cm³/mol. The highest BCUT2D eigenvalue weighted by molar-refractivity contribution is 8.00. The van der Waals surface area contributed by atoms with E-state index in [0.717, 1.165) is 22.9 Å². The molecule has 8 nitrogen and oxygen atoms in total. The van der Waals surface area contributed by atoms with Crippen molar-refractivity contribution in [2.45, 2.75) is 157 Å². The molecule has 0 saturated heterocycles. The van der Waals surface area contributed by atoms with E-state index in [1.807, 2.05) is 47.8 Å². The van der Waals surface area contributed by atoms with Gasteiger partial charge in [0.1, 0.15) is 0 Å².